The fourth-order valence-electron chi connectivity index (χ4n) is 4.91. The van der Waals surface area contributed by atoms with E-state index < -0.39 is 0 Å². The highest BCUT2D eigenvalue weighted by atomic mass is 35.5. The van der Waals surface area contributed by atoms with Crippen molar-refractivity contribution >= 4 is 23.2 Å². The number of benzene rings is 2. The van der Waals surface area contributed by atoms with E-state index in [1.807, 2.05) is 26.1 Å². The van der Waals surface area contributed by atoms with Crippen LogP contribution in [-0.2, 0) is 11.2 Å². The predicted molar refractivity (Wildman–Crippen MR) is 162 cm³/mol. The van der Waals surface area contributed by atoms with Gasteiger partial charge in [0, 0.05) is 49.2 Å². The van der Waals surface area contributed by atoms with Crippen LogP contribution in [0.3, 0.4) is 0 Å². The highest BCUT2D eigenvalue weighted by Gasteiger charge is 2.21. The number of imidazole rings is 1. The van der Waals surface area contributed by atoms with Crippen molar-refractivity contribution in [2.75, 3.05) is 32.8 Å². The maximum atomic E-state index is 13.3. The molecule has 5 rings (SSSR count). The summed E-state index contributed by atoms with van der Waals surface area (Å²) in [4.78, 5) is 20.4. The number of ether oxygens (including phenoxy) is 2. The van der Waals surface area contributed by atoms with Gasteiger partial charge in [0.2, 0.25) is 0 Å². The van der Waals surface area contributed by atoms with E-state index in [-0.39, 0.29) is 25.5 Å². The van der Waals surface area contributed by atoms with Crippen molar-refractivity contribution in [2.45, 2.75) is 46.8 Å². The minimum absolute atomic E-state index is 0. The summed E-state index contributed by atoms with van der Waals surface area (Å²) < 4.78 is 13.3. The minimum Gasteiger partial charge on any atom is -0.489 e. The molecule has 0 spiro atoms. The van der Waals surface area contributed by atoms with Gasteiger partial charge < -0.3 is 19.2 Å². The number of rotatable bonds is 9. The van der Waals surface area contributed by atoms with Gasteiger partial charge in [-0.25, -0.2) is 4.98 Å². The van der Waals surface area contributed by atoms with Crippen LogP contribution in [0.15, 0.2) is 67.0 Å². The number of hydrogen-bond acceptors (Lipinski definition) is 5. The quantitative estimate of drug-likeness (QED) is 0.268. The van der Waals surface area contributed by atoms with E-state index in [0.29, 0.717) is 36.0 Å². The average Bonchev–Trinajstić information content (AvgIpc) is 3.36. The number of amides is 1. The molecule has 3 heterocycles. The molecule has 4 aromatic rings. The number of halogens is 1. The first-order chi connectivity index (χ1) is 18.9. The van der Waals surface area contributed by atoms with Gasteiger partial charge in [-0.05, 0) is 62.6 Å². The van der Waals surface area contributed by atoms with E-state index in [9.17, 15) is 4.79 Å². The molecule has 0 aliphatic carbocycles. The fourth-order valence-corrected chi connectivity index (χ4v) is 5.13. The first-order valence-corrected chi connectivity index (χ1v) is 13.8. The molecule has 7 nitrogen and oxygen atoms in total. The molecule has 0 saturated carbocycles. The van der Waals surface area contributed by atoms with Crippen molar-refractivity contribution in [2.24, 2.45) is 0 Å². The van der Waals surface area contributed by atoms with Gasteiger partial charge in [0.25, 0.3) is 5.91 Å². The maximum absolute atomic E-state index is 13.3. The first kappa shape index (κ1) is 29.6. The largest absolute Gasteiger partial charge is 0.489 e. The smallest absolute Gasteiger partial charge is 0.251 e. The van der Waals surface area contributed by atoms with Gasteiger partial charge in [-0.2, -0.15) is 0 Å². The van der Waals surface area contributed by atoms with Gasteiger partial charge in [-0.1, -0.05) is 49.4 Å². The number of carbonyl (C=O) groups is 1. The number of hydrogen-bond donors (Lipinski definition) is 1. The van der Waals surface area contributed by atoms with Crippen molar-refractivity contribution in [3.63, 3.8) is 0 Å². The molecule has 1 aliphatic rings. The Morgan fingerprint density at radius 3 is 2.55 bits per heavy atom. The van der Waals surface area contributed by atoms with Gasteiger partial charge in [-0.3, -0.25) is 9.69 Å². The van der Waals surface area contributed by atoms with Crippen molar-refractivity contribution in [1.29, 1.82) is 0 Å². The van der Waals surface area contributed by atoms with Crippen LogP contribution < -0.4 is 10.1 Å². The molecule has 2 aromatic heterocycles. The van der Waals surface area contributed by atoms with E-state index >= 15 is 0 Å². The molecule has 1 aliphatic heterocycles. The Bertz CT molecular complexity index is 1430. The number of pyridine rings is 1. The molecular formula is C32H39ClN4O3. The third-order valence-electron chi connectivity index (χ3n) is 6.88. The van der Waals surface area contributed by atoms with E-state index in [4.69, 9.17) is 26.1 Å². The molecule has 0 unspecified atom stereocenters. The number of carbonyl (C=O) groups excluding carboxylic acids is 1. The summed E-state index contributed by atoms with van der Waals surface area (Å²) in [6.07, 6.45) is 4.78. The van der Waals surface area contributed by atoms with Gasteiger partial charge in [0.05, 0.1) is 30.0 Å². The van der Waals surface area contributed by atoms with Crippen molar-refractivity contribution < 1.29 is 14.3 Å². The first-order valence-electron chi connectivity index (χ1n) is 13.5. The number of aromatic nitrogens is 2. The molecule has 1 amide bonds. The van der Waals surface area contributed by atoms with Crippen LogP contribution in [0.2, 0.25) is 5.02 Å². The zero-order chi connectivity index (χ0) is 27.4. The van der Waals surface area contributed by atoms with Crippen LogP contribution in [0.1, 0.15) is 42.8 Å². The van der Waals surface area contributed by atoms with E-state index in [0.717, 1.165) is 47.7 Å². The number of aryl methyl sites for hydroxylation is 1. The van der Waals surface area contributed by atoms with Gasteiger partial charge in [0.1, 0.15) is 11.4 Å². The van der Waals surface area contributed by atoms with Gasteiger partial charge in [-0.15, -0.1) is 0 Å². The molecule has 1 atom stereocenters. The van der Waals surface area contributed by atoms with Crippen LogP contribution in [-0.4, -0.2) is 65.2 Å². The van der Waals surface area contributed by atoms with Gasteiger partial charge >= 0.3 is 0 Å². The Labute approximate surface area is 242 Å². The zero-order valence-corrected chi connectivity index (χ0v) is 23.4. The monoisotopic (exact) mass is 562 g/mol. The molecule has 40 heavy (non-hydrogen) atoms. The second-order valence-electron chi connectivity index (χ2n) is 10.3. The van der Waals surface area contributed by atoms with Gasteiger partial charge in [0.15, 0.2) is 0 Å². The summed E-state index contributed by atoms with van der Waals surface area (Å²) in [5, 5.41) is 3.68. The lowest BCUT2D eigenvalue weighted by atomic mass is 10.0. The van der Waals surface area contributed by atoms with Crippen LogP contribution in [0.25, 0.3) is 16.9 Å². The predicted octanol–water partition coefficient (Wildman–Crippen LogP) is 6.06. The van der Waals surface area contributed by atoms with Crippen molar-refractivity contribution in [1.82, 2.24) is 19.6 Å². The molecule has 212 valence electrons. The molecule has 2 aromatic carbocycles. The Balaban J connectivity index is 0.00000370. The lowest BCUT2D eigenvalue weighted by Gasteiger charge is -2.31. The average molecular weight is 563 g/mol. The summed E-state index contributed by atoms with van der Waals surface area (Å²) >= 11 is 6.41. The summed E-state index contributed by atoms with van der Waals surface area (Å²) in [6.45, 7) is 9.82. The number of nitrogens with zero attached hydrogens (tertiary/aromatic N) is 3. The summed E-state index contributed by atoms with van der Waals surface area (Å²) in [5.41, 5.74) is 5.78. The molecule has 0 radical (unpaired) electrons. The van der Waals surface area contributed by atoms with E-state index in [1.54, 1.807) is 18.2 Å². The topological polar surface area (TPSA) is 68.1 Å². The lowest BCUT2D eigenvalue weighted by Crippen LogP contribution is -2.48. The highest BCUT2D eigenvalue weighted by molar-refractivity contribution is 6.32. The highest BCUT2D eigenvalue weighted by Crippen LogP contribution is 2.27. The molecule has 8 heteroatoms. The van der Waals surface area contributed by atoms with Crippen LogP contribution in [0.5, 0.6) is 5.75 Å². The lowest BCUT2D eigenvalue weighted by molar-refractivity contribution is 0.0333. The third kappa shape index (κ3) is 7.22. The van der Waals surface area contributed by atoms with Crippen LogP contribution in [0, 0.1) is 6.92 Å². The van der Waals surface area contributed by atoms with Crippen LogP contribution in [0.4, 0.5) is 0 Å². The Kier molecular flexibility index (Phi) is 9.85. The normalized spacial score (nSPS) is 14.6. The van der Waals surface area contributed by atoms with Crippen molar-refractivity contribution in [3.8, 4) is 17.0 Å². The molecule has 1 saturated heterocycles. The summed E-state index contributed by atoms with van der Waals surface area (Å²) in [7, 11) is 0. The second-order valence-corrected chi connectivity index (χ2v) is 10.8. The minimum atomic E-state index is -0.150. The maximum Gasteiger partial charge on any atom is 0.251 e. The van der Waals surface area contributed by atoms with Crippen molar-refractivity contribution in [3.05, 3.63) is 88.7 Å². The van der Waals surface area contributed by atoms with E-state index in [1.165, 1.54) is 0 Å². The molecule has 0 bridgehead atoms. The number of fused-ring (bicyclic) bond motifs is 1. The Morgan fingerprint density at radius 2 is 1.88 bits per heavy atom. The SMILES string of the molecule is C.Cc1cccn2cc(-c3ccc(C[C@@H](CN4CCOCC4)NC(=O)c4ccc(OC(C)C)c(Cl)c4)cc3)nc12. The summed E-state index contributed by atoms with van der Waals surface area (Å²) in [5.74, 6) is 0.428. The number of morpholine rings is 1. The Hall–Kier alpha value is -3.39. The molecular weight excluding hydrogens is 524 g/mol. The second kappa shape index (κ2) is 13.3. The van der Waals surface area contributed by atoms with Crippen LogP contribution >= 0.6 is 11.6 Å². The molecule has 1 fully saturated rings. The fraction of sp³-hybridized carbons (Fsp3) is 0.375. The van der Waals surface area contributed by atoms with E-state index in [2.05, 4.69) is 58.1 Å². The number of nitrogens with one attached hydrogen (secondary N) is 1. The zero-order valence-electron chi connectivity index (χ0n) is 22.7. The standard InChI is InChI=1S/C31H35ClN4O3.CH4/c1-21(2)39-29-11-10-25(18-27(29)32)31(37)33-26(19-35-13-15-38-16-14-35)17-23-6-8-24(9-7-23)28-20-36-12-4-5-22(3)30(36)34-28;/h4-12,18,20-21,26H,13-17,19H2,1-3H3,(H,33,37);1H4/t26-;/m0./s1. The third-order valence-corrected chi connectivity index (χ3v) is 7.18. The molecule has 1 N–H and O–H groups in total. The summed E-state index contributed by atoms with van der Waals surface area (Å²) in [6, 6.07) is 17.7. The Morgan fingerprint density at radius 1 is 1.12 bits per heavy atom.